The first-order valence-electron chi connectivity index (χ1n) is 7.53. The Morgan fingerprint density at radius 2 is 1.76 bits per heavy atom. The van der Waals surface area contributed by atoms with E-state index in [0.29, 0.717) is 13.0 Å². The predicted molar refractivity (Wildman–Crippen MR) is 99.4 cm³/mol. The zero-order valence-corrected chi connectivity index (χ0v) is 16.5. The van der Waals surface area contributed by atoms with Gasteiger partial charge >= 0.3 is 5.97 Å². The molecule has 0 atom stereocenters. The van der Waals surface area contributed by atoms with Gasteiger partial charge in [-0.1, -0.05) is 12.8 Å². The molecule has 126 valence electrons. The molecule has 0 unspecified atom stereocenters. The Kier molecular flexibility index (Phi) is 14.2. The Balaban J connectivity index is 0. The molecule has 5 nitrogen and oxygen atoms in total. The molecular weight excluding hydrogens is 381 g/mol. The highest BCUT2D eigenvalue weighted by Crippen LogP contribution is 2.04. The zero-order chi connectivity index (χ0) is 15.4. The second-order valence-electron chi connectivity index (χ2n) is 5.84. The number of rotatable bonds is 8. The lowest BCUT2D eigenvalue weighted by molar-refractivity contribution is -0.143. The van der Waals surface area contributed by atoms with Crippen molar-refractivity contribution in [3.05, 3.63) is 0 Å². The summed E-state index contributed by atoms with van der Waals surface area (Å²) < 4.78 is 4.89. The number of nitrogens with zero attached hydrogens (tertiary/aromatic N) is 1. The van der Waals surface area contributed by atoms with Gasteiger partial charge in [0.2, 0.25) is 0 Å². The fraction of sp³-hybridized carbons (Fsp3) is 0.867. The average Bonchev–Trinajstić information content (AvgIpc) is 2.35. The molecule has 0 aromatic heterocycles. The third-order valence-corrected chi connectivity index (χ3v) is 2.62. The number of hydrogen-bond donors (Lipinski definition) is 2. The molecule has 0 rings (SSSR count). The first-order valence-corrected chi connectivity index (χ1v) is 7.53. The monoisotopic (exact) mass is 413 g/mol. The Morgan fingerprint density at radius 1 is 1.14 bits per heavy atom. The van der Waals surface area contributed by atoms with Crippen molar-refractivity contribution >= 4 is 35.9 Å². The van der Waals surface area contributed by atoms with Gasteiger partial charge in [0, 0.05) is 25.6 Å². The number of nitrogens with one attached hydrogen (secondary N) is 2. The quantitative estimate of drug-likeness (QED) is 0.211. The molecule has 0 aromatic rings. The highest BCUT2D eigenvalue weighted by molar-refractivity contribution is 14.0. The van der Waals surface area contributed by atoms with Crippen LogP contribution in [0.2, 0.25) is 0 Å². The van der Waals surface area contributed by atoms with Gasteiger partial charge in [-0.05, 0) is 40.5 Å². The molecule has 0 heterocycles. The van der Waals surface area contributed by atoms with E-state index in [1.165, 1.54) is 0 Å². The van der Waals surface area contributed by atoms with Gasteiger partial charge in [-0.2, -0.15) is 0 Å². The lowest BCUT2D eigenvalue weighted by atomic mass is 10.1. The molecule has 0 aliphatic carbocycles. The second kappa shape index (κ2) is 13.2. The van der Waals surface area contributed by atoms with Crippen molar-refractivity contribution in [3.63, 3.8) is 0 Å². The lowest BCUT2D eigenvalue weighted by Gasteiger charge is -2.23. The van der Waals surface area contributed by atoms with Crippen molar-refractivity contribution in [2.75, 3.05) is 20.2 Å². The fourth-order valence-electron chi connectivity index (χ4n) is 1.72. The zero-order valence-electron chi connectivity index (χ0n) is 14.1. The van der Waals surface area contributed by atoms with Crippen molar-refractivity contribution in [1.29, 1.82) is 0 Å². The van der Waals surface area contributed by atoms with E-state index in [2.05, 4.69) is 36.4 Å². The average molecular weight is 413 g/mol. The summed E-state index contributed by atoms with van der Waals surface area (Å²) in [5, 5.41) is 6.61. The van der Waals surface area contributed by atoms with E-state index in [-0.39, 0.29) is 35.5 Å². The topological polar surface area (TPSA) is 62.7 Å². The summed E-state index contributed by atoms with van der Waals surface area (Å²) in [6.45, 7) is 9.53. The Hall–Kier alpha value is -0.530. The summed E-state index contributed by atoms with van der Waals surface area (Å²) >= 11 is 0. The maximum absolute atomic E-state index is 11.1. The van der Waals surface area contributed by atoms with Crippen LogP contribution in [0.1, 0.15) is 59.8 Å². The van der Waals surface area contributed by atoms with Gasteiger partial charge in [-0.15, -0.1) is 24.0 Å². The largest absolute Gasteiger partial charge is 0.466 e. The number of unbranched alkanes of at least 4 members (excludes halogenated alkanes) is 3. The third-order valence-electron chi connectivity index (χ3n) is 2.62. The smallest absolute Gasteiger partial charge is 0.305 e. The predicted octanol–water partition coefficient (Wildman–Crippen LogP) is 3.08. The highest BCUT2D eigenvalue weighted by Gasteiger charge is 2.11. The Bertz CT molecular complexity index is 302. The van der Waals surface area contributed by atoms with Crippen LogP contribution in [-0.4, -0.2) is 37.7 Å². The minimum absolute atomic E-state index is 0. The summed E-state index contributed by atoms with van der Waals surface area (Å²) in [4.78, 5) is 15.3. The number of guanidine groups is 1. The molecule has 0 saturated heterocycles. The van der Waals surface area contributed by atoms with Crippen molar-refractivity contribution in [2.45, 2.75) is 65.3 Å². The molecule has 0 radical (unpaired) electrons. The first-order chi connectivity index (χ1) is 9.39. The molecule has 0 bridgehead atoms. The summed E-state index contributed by atoms with van der Waals surface area (Å²) in [5.74, 6) is 0.754. The number of carbonyl (C=O) groups excluding carboxylic acids is 1. The highest BCUT2D eigenvalue weighted by atomic mass is 127. The molecule has 2 N–H and O–H groups in total. The van der Waals surface area contributed by atoms with Crippen LogP contribution >= 0.6 is 24.0 Å². The first kappa shape index (κ1) is 22.7. The number of ether oxygens (including phenoxy) is 1. The summed E-state index contributed by atoms with van der Waals surface area (Å²) in [6, 6.07) is 0. The van der Waals surface area contributed by atoms with Crippen LogP contribution in [0.4, 0.5) is 0 Å². The molecule has 0 fully saturated rings. The maximum atomic E-state index is 11.1. The normalized spacial score (nSPS) is 11.6. The number of carbonyl (C=O) groups is 1. The van der Waals surface area contributed by atoms with Gasteiger partial charge in [0.25, 0.3) is 0 Å². The molecule has 0 spiro atoms. The Labute approximate surface area is 146 Å². The summed E-state index contributed by atoms with van der Waals surface area (Å²) in [7, 11) is 1.78. The molecule has 6 heteroatoms. The van der Waals surface area contributed by atoms with Crippen LogP contribution in [0.15, 0.2) is 4.99 Å². The second-order valence-corrected chi connectivity index (χ2v) is 5.84. The summed E-state index contributed by atoms with van der Waals surface area (Å²) in [6.07, 6.45) is 4.70. The van der Waals surface area contributed by atoms with Crippen LogP contribution in [0.5, 0.6) is 0 Å². The van der Waals surface area contributed by atoms with E-state index in [4.69, 9.17) is 4.74 Å². The third kappa shape index (κ3) is 15.7. The fourth-order valence-corrected chi connectivity index (χ4v) is 1.72. The number of hydrogen-bond acceptors (Lipinski definition) is 3. The van der Waals surface area contributed by atoms with Crippen molar-refractivity contribution in [2.24, 2.45) is 4.99 Å². The molecular formula is C15H32IN3O2. The van der Waals surface area contributed by atoms with E-state index < -0.39 is 0 Å². The molecule has 0 saturated carbocycles. The maximum Gasteiger partial charge on any atom is 0.305 e. The van der Waals surface area contributed by atoms with Crippen LogP contribution in [-0.2, 0) is 9.53 Å². The van der Waals surface area contributed by atoms with Crippen molar-refractivity contribution < 1.29 is 9.53 Å². The van der Waals surface area contributed by atoms with Gasteiger partial charge in [-0.3, -0.25) is 9.79 Å². The van der Waals surface area contributed by atoms with Gasteiger partial charge < -0.3 is 15.4 Å². The van der Waals surface area contributed by atoms with Crippen LogP contribution in [0.3, 0.4) is 0 Å². The van der Waals surface area contributed by atoms with Gasteiger partial charge in [0.1, 0.15) is 0 Å². The van der Waals surface area contributed by atoms with E-state index in [0.717, 1.165) is 38.2 Å². The summed E-state index contributed by atoms with van der Waals surface area (Å²) in [5.41, 5.74) is 0.0154. The molecule has 21 heavy (non-hydrogen) atoms. The minimum atomic E-state index is -0.0830. The molecule has 0 aliphatic rings. The van der Waals surface area contributed by atoms with Crippen LogP contribution < -0.4 is 10.6 Å². The number of aliphatic imine (C=N–C) groups is 1. The minimum Gasteiger partial charge on any atom is -0.466 e. The van der Waals surface area contributed by atoms with Gasteiger partial charge in [0.05, 0.1) is 6.61 Å². The molecule has 0 aromatic carbocycles. The van der Waals surface area contributed by atoms with Crippen molar-refractivity contribution in [1.82, 2.24) is 10.6 Å². The van der Waals surface area contributed by atoms with Crippen molar-refractivity contribution in [3.8, 4) is 0 Å². The standard InChI is InChI=1S/C15H31N3O2.HI/c1-6-20-13(19)11-9-7-8-10-12-17-14(16-5)18-15(2,3)4;/h6-12H2,1-5H3,(H2,16,17,18);1H. The molecule has 0 amide bonds. The lowest BCUT2D eigenvalue weighted by Crippen LogP contribution is -2.47. The number of esters is 1. The van der Waals surface area contributed by atoms with Gasteiger partial charge in [0.15, 0.2) is 5.96 Å². The molecule has 0 aliphatic heterocycles. The van der Waals surface area contributed by atoms with E-state index in [1.807, 2.05) is 6.92 Å². The van der Waals surface area contributed by atoms with E-state index in [1.54, 1.807) is 7.05 Å². The van der Waals surface area contributed by atoms with Crippen LogP contribution in [0.25, 0.3) is 0 Å². The Morgan fingerprint density at radius 3 is 2.29 bits per heavy atom. The SMILES string of the molecule is CCOC(=O)CCCCCCNC(=NC)NC(C)(C)C.I. The van der Waals surface area contributed by atoms with E-state index in [9.17, 15) is 4.79 Å². The van der Waals surface area contributed by atoms with Gasteiger partial charge in [-0.25, -0.2) is 0 Å². The van der Waals surface area contributed by atoms with E-state index >= 15 is 0 Å². The van der Waals surface area contributed by atoms with Crippen LogP contribution in [0, 0.1) is 0 Å². The number of halogens is 1.